The van der Waals surface area contributed by atoms with Crippen molar-refractivity contribution in [1.29, 1.82) is 0 Å². The van der Waals surface area contributed by atoms with Crippen LogP contribution in [0.4, 0.5) is 4.39 Å². The van der Waals surface area contributed by atoms with Crippen LogP contribution in [0.2, 0.25) is 0 Å². The van der Waals surface area contributed by atoms with E-state index in [4.69, 9.17) is 10.8 Å². The molecular formula is C12H16FNO2. The predicted molar refractivity (Wildman–Crippen MR) is 58.3 cm³/mol. The lowest BCUT2D eigenvalue weighted by Gasteiger charge is -2.33. The first-order chi connectivity index (χ1) is 7.59. The van der Waals surface area contributed by atoms with Gasteiger partial charge in [0.15, 0.2) is 0 Å². The van der Waals surface area contributed by atoms with E-state index >= 15 is 0 Å². The van der Waals surface area contributed by atoms with Gasteiger partial charge in [0.25, 0.3) is 0 Å². The largest absolute Gasteiger partial charge is 0.508 e. The Balaban J connectivity index is 2.15. The van der Waals surface area contributed by atoms with Gasteiger partial charge in [0.05, 0.1) is 12.1 Å². The Morgan fingerprint density at radius 1 is 1.38 bits per heavy atom. The highest BCUT2D eigenvalue weighted by Crippen LogP contribution is 2.35. The van der Waals surface area contributed by atoms with Gasteiger partial charge in [0.2, 0.25) is 0 Å². The minimum Gasteiger partial charge on any atom is -0.508 e. The van der Waals surface area contributed by atoms with E-state index < -0.39 is 18.0 Å². The summed E-state index contributed by atoms with van der Waals surface area (Å²) in [5, 5.41) is 19.0. The van der Waals surface area contributed by atoms with Crippen molar-refractivity contribution in [2.45, 2.75) is 31.4 Å². The number of halogens is 1. The summed E-state index contributed by atoms with van der Waals surface area (Å²) in [6, 6.07) is 3.11. The number of nitrogens with two attached hydrogens (primary N) is 1. The van der Waals surface area contributed by atoms with Crippen LogP contribution in [0.25, 0.3) is 0 Å². The van der Waals surface area contributed by atoms with Crippen LogP contribution in [-0.4, -0.2) is 16.3 Å². The van der Waals surface area contributed by atoms with Gasteiger partial charge in [-0.3, -0.25) is 0 Å². The maximum absolute atomic E-state index is 13.5. The van der Waals surface area contributed by atoms with Crippen molar-refractivity contribution in [1.82, 2.24) is 0 Å². The topological polar surface area (TPSA) is 66.5 Å². The summed E-state index contributed by atoms with van der Waals surface area (Å²) in [7, 11) is 0. The van der Waals surface area contributed by atoms with Crippen molar-refractivity contribution in [3.8, 4) is 5.75 Å². The number of aromatic hydroxyl groups is 1. The lowest BCUT2D eigenvalue weighted by molar-refractivity contribution is 0.0404. The molecule has 1 fully saturated rings. The first-order valence-electron chi connectivity index (χ1n) is 5.51. The average Bonchev–Trinajstić information content (AvgIpc) is 2.14. The average molecular weight is 225 g/mol. The molecule has 1 aromatic rings. The van der Waals surface area contributed by atoms with Crippen LogP contribution in [0.5, 0.6) is 5.75 Å². The molecule has 4 heteroatoms. The van der Waals surface area contributed by atoms with Gasteiger partial charge in [-0.05, 0) is 24.8 Å². The van der Waals surface area contributed by atoms with Crippen molar-refractivity contribution >= 4 is 0 Å². The van der Waals surface area contributed by atoms with E-state index in [1.54, 1.807) is 0 Å². The lowest BCUT2D eigenvalue weighted by Crippen LogP contribution is -2.36. The minimum absolute atomic E-state index is 0.133. The number of aliphatic hydroxyl groups excluding tert-OH is 1. The fourth-order valence-electron chi connectivity index (χ4n) is 2.04. The van der Waals surface area contributed by atoms with Gasteiger partial charge in [0, 0.05) is 11.6 Å². The number of aliphatic hydroxyl groups is 1. The Labute approximate surface area is 93.7 Å². The quantitative estimate of drug-likeness (QED) is 0.733. The summed E-state index contributed by atoms with van der Waals surface area (Å²) >= 11 is 0. The first-order valence-corrected chi connectivity index (χ1v) is 5.51. The van der Waals surface area contributed by atoms with Crippen LogP contribution in [0.1, 0.15) is 30.9 Å². The molecule has 0 aromatic heterocycles. The van der Waals surface area contributed by atoms with Gasteiger partial charge >= 0.3 is 0 Å². The van der Waals surface area contributed by atoms with Gasteiger partial charge in [-0.25, -0.2) is 4.39 Å². The van der Waals surface area contributed by atoms with Gasteiger partial charge < -0.3 is 15.9 Å². The van der Waals surface area contributed by atoms with E-state index in [-0.39, 0.29) is 17.2 Å². The van der Waals surface area contributed by atoms with Crippen molar-refractivity contribution < 1.29 is 14.6 Å². The van der Waals surface area contributed by atoms with Crippen molar-refractivity contribution in [3.05, 3.63) is 29.6 Å². The highest BCUT2D eigenvalue weighted by Gasteiger charge is 2.31. The zero-order chi connectivity index (χ0) is 11.7. The zero-order valence-electron chi connectivity index (χ0n) is 8.94. The second-order valence-electron chi connectivity index (χ2n) is 4.41. The van der Waals surface area contributed by atoms with Crippen LogP contribution in [0, 0.1) is 11.7 Å². The molecule has 1 aliphatic carbocycles. The van der Waals surface area contributed by atoms with Crippen LogP contribution in [0.3, 0.4) is 0 Å². The van der Waals surface area contributed by atoms with Gasteiger partial charge in [-0.2, -0.15) is 0 Å². The Hall–Kier alpha value is -1.13. The number of hydrogen-bond acceptors (Lipinski definition) is 3. The molecule has 0 aliphatic heterocycles. The number of rotatable bonds is 3. The van der Waals surface area contributed by atoms with Crippen LogP contribution in [-0.2, 0) is 0 Å². The zero-order valence-corrected chi connectivity index (χ0v) is 8.94. The first kappa shape index (κ1) is 11.4. The smallest absolute Gasteiger partial charge is 0.131 e. The molecular weight excluding hydrogens is 209 g/mol. The van der Waals surface area contributed by atoms with E-state index in [1.807, 2.05) is 0 Å². The molecule has 0 unspecified atom stereocenters. The second-order valence-corrected chi connectivity index (χ2v) is 4.41. The maximum Gasteiger partial charge on any atom is 0.131 e. The molecule has 0 heterocycles. The Morgan fingerprint density at radius 2 is 2.06 bits per heavy atom. The van der Waals surface area contributed by atoms with Crippen LogP contribution < -0.4 is 5.73 Å². The molecule has 2 rings (SSSR count). The van der Waals surface area contributed by atoms with E-state index in [9.17, 15) is 9.50 Å². The van der Waals surface area contributed by atoms with Crippen LogP contribution >= 0.6 is 0 Å². The van der Waals surface area contributed by atoms with E-state index in [2.05, 4.69) is 0 Å². The molecule has 1 aliphatic rings. The third-order valence-corrected chi connectivity index (χ3v) is 3.34. The molecule has 0 amide bonds. The van der Waals surface area contributed by atoms with E-state index in [0.29, 0.717) is 0 Å². The summed E-state index contributed by atoms with van der Waals surface area (Å²) in [5.41, 5.74) is 6.09. The van der Waals surface area contributed by atoms with Gasteiger partial charge in [0.1, 0.15) is 11.6 Å². The Kier molecular flexibility index (Phi) is 3.12. The Bertz CT molecular complexity index is 379. The third-order valence-electron chi connectivity index (χ3n) is 3.34. The SMILES string of the molecule is N[C@H](c1ccc(O)cc1F)[C@@H](O)C1CCC1. The summed E-state index contributed by atoms with van der Waals surface area (Å²) in [6.45, 7) is 0. The summed E-state index contributed by atoms with van der Waals surface area (Å²) < 4.78 is 13.5. The number of phenolic OH excluding ortho intramolecular Hbond substituents is 1. The highest BCUT2D eigenvalue weighted by atomic mass is 19.1. The molecule has 0 radical (unpaired) electrons. The molecule has 16 heavy (non-hydrogen) atoms. The van der Waals surface area contributed by atoms with Crippen LogP contribution in [0.15, 0.2) is 18.2 Å². The molecule has 1 saturated carbocycles. The standard InChI is InChI=1S/C12H16FNO2/c13-10-6-8(15)4-5-9(10)11(14)12(16)7-2-1-3-7/h4-7,11-12,15-16H,1-3,14H2/t11-,12+/m1/s1. The molecule has 2 atom stereocenters. The van der Waals surface area contributed by atoms with Gasteiger partial charge in [-0.15, -0.1) is 0 Å². The third kappa shape index (κ3) is 2.03. The fourth-order valence-corrected chi connectivity index (χ4v) is 2.04. The molecule has 0 saturated heterocycles. The second kappa shape index (κ2) is 4.39. The van der Waals surface area contributed by atoms with Crippen molar-refractivity contribution in [2.75, 3.05) is 0 Å². The molecule has 3 nitrogen and oxygen atoms in total. The summed E-state index contributed by atoms with van der Waals surface area (Å²) in [6.07, 6.45) is 2.31. The van der Waals surface area contributed by atoms with E-state index in [1.165, 1.54) is 12.1 Å². The molecule has 88 valence electrons. The van der Waals surface area contributed by atoms with Crippen molar-refractivity contribution in [2.24, 2.45) is 11.7 Å². The van der Waals surface area contributed by atoms with Crippen molar-refractivity contribution in [3.63, 3.8) is 0 Å². The molecule has 1 aromatic carbocycles. The highest BCUT2D eigenvalue weighted by molar-refractivity contribution is 5.30. The molecule has 4 N–H and O–H groups in total. The minimum atomic E-state index is -0.717. The number of phenols is 1. The summed E-state index contributed by atoms with van der Waals surface area (Å²) in [5.74, 6) is -0.513. The normalized spacial score (nSPS) is 20.2. The monoisotopic (exact) mass is 225 g/mol. The summed E-state index contributed by atoms with van der Waals surface area (Å²) in [4.78, 5) is 0. The predicted octanol–water partition coefficient (Wildman–Crippen LogP) is 1.69. The number of benzene rings is 1. The molecule has 0 spiro atoms. The maximum atomic E-state index is 13.5. The molecule has 0 bridgehead atoms. The fraction of sp³-hybridized carbons (Fsp3) is 0.500. The van der Waals surface area contributed by atoms with E-state index in [0.717, 1.165) is 25.3 Å². The Morgan fingerprint density at radius 3 is 2.56 bits per heavy atom. The number of hydrogen-bond donors (Lipinski definition) is 3. The lowest BCUT2D eigenvalue weighted by atomic mass is 9.77. The van der Waals surface area contributed by atoms with Gasteiger partial charge in [-0.1, -0.05) is 12.5 Å².